The van der Waals surface area contributed by atoms with Crippen LogP contribution in [-0.4, -0.2) is 115 Å². The number of esters is 6. The molecule has 2 aliphatic rings. The summed E-state index contributed by atoms with van der Waals surface area (Å²) in [6.07, 6.45) is -15.6. The van der Waals surface area contributed by atoms with E-state index in [0.29, 0.717) is 0 Å². The van der Waals surface area contributed by atoms with Crippen LogP contribution in [-0.2, 0) is 71.4 Å². The Morgan fingerprint density at radius 2 is 1.13 bits per heavy atom. The van der Waals surface area contributed by atoms with Gasteiger partial charge >= 0.3 is 42.0 Å². The van der Waals surface area contributed by atoms with E-state index in [1.54, 1.807) is 0 Å². The second-order valence-corrected chi connectivity index (χ2v) is 9.59. The van der Waals surface area contributed by atoms with Crippen molar-refractivity contribution in [3.05, 3.63) is 20.6 Å². The standard InChI is InChI=1S/C24H32N4O17/c1-9(29)37-7-15-18(20(40-12(4)32)17(26-27-25)23(43-15)28(35)36)45-24-22(42-14(6)34)21(41-13(5)33)19(39-11(3)31)16(44-24)8-38-10(2)30/h15-24H,7-8H2,1-6H3/t15?,16?,17?,18-,19-,20-,21+,22?,23?,24+/m1/s1. The summed E-state index contributed by atoms with van der Waals surface area (Å²) in [5.41, 5.74) is 9.14. The van der Waals surface area contributed by atoms with Crippen molar-refractivity contribution >= 4 is 35.8 Å². The fraction of sp³-hybridized carbons (Fsp3) is 0.750. The maximum absolute atomic E-state index is 12.2. The Morgan fingerprint density at radius 3 is 1.58 bits per heavy atom. The molecule has 0 aromatic heterocycles. The van der Waals surface area contributed by atoms with Gasteiger partial charge in [0.25, 0.3) is 0 Å². The molecule has 250 valence electrons. The molecule has 2 aliphatic heterocycles. The second-order valence-electron chi connectivity index (χ2n) is 9.59. The highest BCUT2D eigenvalue weighted by atomic mass is 16.8. The van der Waals surface area contributed by atoms with Gasteiger partial charge in [-0.2, -0.15) is 0 Å². The van der Waals surface area contributed by atoms with Crippen molar-refractivity contribution < 1.29 is 76.3 Å². The minimum absolute atomic E-state index is 0.617. The number of ether oxygens (including phenoxy) is 9. The maximum atomic E-state index is 12.2. The van der Waals surface area contributed by atoms with E-state index in [1.807, 2.05) is 0 Å². The zero-order chi connectivity index (χ0) is 34.0. The Labute approximate surface area is 254 Å². The summed E-state index contributed by atoms with van der Waals surface area (Å²) in [5.74, 6) is -5.45. The molecular weight excluding hydrogens is 616 g/mol. The van der Waals surface area contributed by atoms with E-state index >= 15 is 0 Å². The van der Waals surface area contributed by atoms with Gasteiger partial charge in [-0.15, -0.1) is 0 Å². The van der Waals surface area contributed by atoms with Crippen molar-refractivity contribution in [3.8, 4) is 0 Å². The molecule has 5 unspecified atom stereocenters. The van der Waals surface area contributed by atoms with Crippen LogP contribution >= 0.6 is 0 Å². The number of nitro groups is 1. The van der Waals surface area contributed by atoms with Gasteiger partial charge in [0.15, 0.2) is 30.6 Å². The Bertz CT molecular complexity index is 1210. The predicted octanol–water partition coefficient (Wildman–Crippen LogP) is -0.370. The van der Waals surface area contributed by atoms with Crippen LogP contribution in [0.5, 0.6) is 0 Å². The molecule has 0 bridgehead atoms. The average Bonchev–Trinajstić information content (AvgIpc) is 2.90. The monoisotopic (exact) mass is 648 g/mol. The molecule has 0 aliphatic carbocycles. The van der Waals surface area contributed by atoms with Crippen LogP contribution in [0.1, 0.15) is 41.5 Å². The van der Waals surface area contributed by atoms with E-state index in [2.05, 4.69) is 10.0 Å². The van der Waals surface area contributed by atoms with E-state index in [-0.39, 0.29) is 0 Å². The van der Waals surface area contributed by atoms with Gasteiger partial charge in [-0.3, -0.25) is 38.9 Å². The third-order valence-electron chi connectivity index (χ3n) is 6.02. The molecule has 0 aromatic rings. The Balaban J connectivity index is 2.72. The van der Waals surface area contributed by atoms with Crippen LogP contribution in [0.15, 0.2) is 5.11 Å². The first kappa shape index (κ1) is 36.6. The smallest absolute Gasteiger partial charge is 0.328 e. The summed E-state index contributed by atoms with van der Waals surface area (Å²) in [4.78, 5) is 85.1. The summed E-state index contributed by atoms with van der Waals surface area (Å²) in [7, 11) is 0. The maximum Gasteiger partial charge on any atom is 0.328 e. The molecule has 21 heteroatoms. The highest BCUT2D eigenvalue weighted by Gasteiger charge is 2.58. The second kappa shape index (κ2) is 16.5. The number of carbonyl (C=O) groups excluding carboxylic acids is 6. The van der Waals surface area contributed by atoms with E-state index in [4.69, 9.17) is 48.2 Å². The van der Waals surface area contributed by atoms with Crippen molar-refractivity contribution in [2.75, 3.05) is 13.2 Å². The molecule has 21 nitrogen and oxygen atoms in total. The largest absolute Gasteiger partial charge is 0.463 e. The molecule has 0 aromatic carbocycles. The number of azide groups is 1. The van der Waals surface area contributed by atoms with Crippen LogP contribution in [0, 0.1) is 10.1 Å². The van der Waals surface area contributed by atoms with Gasteiger partial charge in [-0.25, -0.2) is 0 Å². The SMILES string of the molecule is CC(=O)OCC1OC([N+](=O)[O-])C(N=[N+]=[N-])[C@@H](OC(C)=O)[C@@H]1O[C@@H]1OC(COC(C)=O)[C@@H](OC(C)=O)[C@H](OC(C)=O)C1OC(C)=O. The lowest BCUT2D eigenvalue weighted by Crippen LogP contribution is -2.67. The quantitative estimate of drug-likeness (QED) is 0.0496. The number of carbonyl (C=O) groups is 6. The highest BCUT2D eigenvalue weighted by molar-refractivity contribution is 5.69. The Hall–Kier alpha value is -4.59. The number of hydrogen-bond donors (Lipinski definition) is 0. The first-order chi connectivity index (χ1) is 21.0. The van der Waals surface area contributed by atoms with Gasteiger partial charge in [0.2, 0.25) is 0 Å². The van der Waals surface area contributed by atoms with Crippen molar-refractivity contribution in [1.29, 1.82) is 0 Å². The minimum atomic E-state index is -2.12. The zero-order valence-electron chi connectivity index (χ0n) is 24.9. The molecule has 2 heterocycles. The number of hydrogen-bond acceptors (Lipinski definition) is 18. The third kappa shape index (κ3) is 10.5. The molecule has 0 saturated carbocycles. The van der Waals surface area contributed by atoms with Crippen LogP contribution in [0.2, 0.25) is 0 Å². The Morgan fingerprint density at radius 1 is 0.689 bits per heavy atom. The molecule has 0 amide bonds. The van der Waals surface area contributed by atoms with Crippen LogP contribution in [0.25, 0.3) is 10.4 Å². The van der Waals surface area contributed by atoms with E-state index in [0.717, 1.165) is 41.5 Å². The lowest BCUT2D eigenvalue weighted by molar-refractivity contribution is -0.594. The summed E-state index contributed by atoms with van der Waals surface area (Å²) in [6, 6.07) is -1.86. The van der Waals surface area contributed by atoms with Crippen molar-refractivity contribution in [2.24, 2.45) is 5.11 Å². The normalized spacial score (nSPS) is 30.8. The molecule has 2 fully saturated rings. The summed E-state index contributed by atoms with van der Waals surface area (Å²) >= 11 is 0. The zero-order valence-corrected chi connectivity index (χ0v) is 24.9. The van der Waals surface area contributed by atoms with E-state index < -0.39 is 115 Å². The minimum Gasteiger partial charge on any atom is -0.463 e. The molecule has 0 N–H and O–H groups in total. The number of rotatable bonds is 12. The molecule has 45 heavy (non-hydrogen) atoms. The highest BCUT2D eigenvalue weighted by Crippen LogP contribution is 2.35. The molecule has 0 radical (unpaired) electrons. The van der Waals surface area contributed by atoms with Crippen LogP contribution < -0.4 is 0 Å². The third-order valence-corrected chi connectivity index (χ3v) is 6.02. The number of nitrogens with zero attached hydrogens (tertiary/aromatic N) is 4. The molecule has 2 rings (SSSR count). The topological polar surface area (TPSA) is 277 Å². The molecule has 2 saturated heterocycles. The van der Waals surface area contributed by atoms with Crippen LogP contribution in [0.3, 0.4) is 0 Å². The van der Waals surface area contributed by atoms with Gasteiger partial charge in [0.05, 0.1) is 4.92 Å². The molecule has 0 spiro atoms. The Kier molecular flexibility index (Phi) is 13.4. The summed E-state index contributed by atoms with van der Waals surface area (Å²) in [5, 5.41) is 15.2. The fourth-order valence-corrected chi connectivity index (χ4v) is 4.54. The van der Waals surface area contributed by atoms with Crippen LogP contribution in [0.4, 0.5) is 0 Å². The van der Waals surface area contributed by atoms with Gasteiger partial charge < -0.3 is 42.6 Å². The first-order valence-electron chi connectivity index (χ1n) is 13.1. The van der Waals surface area contributed by atoms with Gasteiger partial charge in [-0.05, 0) is 5.53 Å². The predicted molar refractivity (Wildman–Crippen MR) is 138 cm³/mol. The average molecular weight is 649 g/mol. The summed E-state index contributed by atoms with van der Waals surface area (Å²) in [6.45, 7) is 4.66. The van der Waals surface area contributed by atoms with E-state index in [1.165, 1.54) is 0 Å². The van der Waals surface area contributed by atoms with Gasteiger partial charge in [0, 0.05) is 46.5 Å². The van der Waals surface area contributed by atoms with E-state index in [9.17, 15) is 38.9 Å². The van der Waals surface area contributed by atoms with Gasteiger partial charge in [-0.1, -0.05) is 5.11 Å². The first-order valence-corrected chi connectivity index (χ1v) is 13.1. The van der Waals surface area contributed by atoms with Crippen molar-refractivity contribution in [2.45, 2.75) is 103 Å². The van der Waals surface area contributed by atoms with Crippen molar-refractivity contribution in [1.82, 2.24) is 0 Å². The fourth-order valence-electron chi connectivity index (χ4n) is 4.54. The van der Waals surface area contributed by atoms with Gasteiger partial charge in [0.1, 0.15) is 37.6 Å². The lowest BCUT2D eigenvalue weighted by Gasteiger charge is -2.47. The lowest BCUT2D eigenvalue weighted by atomic mass is 9.94. The summed E-state index contributed by atoms with van der Waals surface area (Å²) < 4.78 is 48.6. The molecule has 10 atom stereocenters. The van der Waals surface area contributed by atoms with Crippen molar-refractivity contribution in [3.63, 3.8) is 0 Å². The molecular formula is C24H32N4O17.